The molecule has 1 amide bonds. The summed E-state index contributed by atoms with van der Waals surface area (Å²) in [7, 11) is 0. The largest absolute Gasteiger partial charge is 0.459 e. The number of nitrogens with one attached hydrogen (secondary N) is 1. The molecule has 31 heavy (non-hydrogen) atoms. The Morgan fingerprint density at radius 2 is 1.84 bits per heavy atom. The zero-order valence-electron chi connectivity index (χ0n) is 19.2. The van der Waals surface area contributed by atoms with Gasteiger partial charge in [-0.25, -0.2) is 4.79 Å². The van der Waals surface area contributed by atoms with Gasteiger partial charge in [-0.05, 0) is 58.9 Å². The summed E-state index contributed by atoms with van der Waals surface area (Å²) in [6.07, 6.45) is 3.76. The van der Waals surface area contributed by atoms with Gasteiger partial charge in [-0.3, -0.25) is 4.79 Å². The fraction of sp³-hybridized carbons (Fsp3) is 0.636. The first-order valence-electron chi connectivity index (χ1n) is 10.9. The number of aromatic nitrogens is 3. The van der Waals surface area contributed by atoms with E-state index >= 15 is 0 Å². The number of amides is 1. The molecule has 0 aliphatic heterocycles. The number of thioether (sulfide) groups is 1. The van der Waals surface area contributed by atoms with Crippen molar-refractivity contribution in [3.05, 3.63) is 21.8 Å². The van der Waals surface area contributed by atoms with Crippen molar-refractivity contribution in [2.75, 3.05) is 11.1 Å². The van der Waals surface area contributed by atoms with Crippen molar-refractivity contribution in [1.29, 1.82) is 0 Å². The number of hydrogen-bond acceptors (Lipinski definition) is 7. The van der Waals surface area contributed by atoms with Crippen LogP contribution in [0.2, 0.25) is 0 Å². The first kappa shape index (κ1) is 23.8. The highest BCUT2D eigenvalue weighted by Crippen LogP contribution is 2.39. The number of esters is 1. The summed E-state index contributed by atoms with van der Waals surface area (Å²) in [5.74, 6) is 0.863. The van der Waals surface area contributed by atoms with E-state index in [1.54, 1.807) is 0 Å². The SMILES string of the molecule is CC(C)OC(=O)c1c(NC(=O)CSc2nnc(C(C)C)n2C(C)C)sc2c1CCCC2. The van der Waals surface area contributed by atoms with Gasteiger partial charge < -0.3 is 14.6 Å². The third kappa shape index (κ3) is 5.49. The third-order valence-electron chi connectivity index (χ3n) is 5.03. The van der Waals surface area contributed by atoms with Crippen molar-refractivity contribution in [1.82, 2.24) is 14.8 Å². The van der Waals surface area contributed by atoms with Crippen molar-refractivity contribution in [3.63, 3.8) is 0 Å². The summed E-state index contributed by atoms with van der Waals surface area (Å²) in [6.45, 7) is 12.0. The van der Waals surface area contributed by atoms with Gasteiger partial charge in [-0.15, -0.1) is 21.5 Å². The standard InChI is InChI=1S/C22H32N4O3S2/c1-12(2)19-24-25-22(26(19)13(3)4)30-11-17(27)23-20-18(21(28)29-14(5)6)15-9-7-8-10-16(15)31-20/h12-14H,7-11H2,1-6H3,(H,23,27). The molecule has 1 N–H and O–H groups in total. The van der Waals surface area contributed by atoms with Crippen molar-refractivity contribution >= 4 is 40.0 Å². The van der Waals surface area contributed by atoms with Crippen LogP contribution in [0, 0.1) is 0 Å². The molecule has 2 aromatic heterocycles. The summed E-state index contributed by atoms with van der Waals surface area (Å²) in [4.78, 5) is 26.7. The molecule has 0 unspecified atom stereocenters. The van der Waals surface area contributed by atoms with E-state index < -0.39 is 0 Å². The maximum absolute atomic E-state index is 12.8. The van der Waals surface area contributed by atoms with Crippen LogP contribution in [0.25, 0.3) is 0 Å². The topological polar surface area (TPSA) is 86.1 Å². The number of carbonyl (C=O) groups is 2. The van der Waals surface area contributed by atoms with Crippen LogP contribution in [-0.4, -0.2) is 38.5 Å². The van der Waals surface area contributed by atoms with E-state index in [0.29, 0.717) is 10.6 Å². The Morgan fingerprint density at radius 1 is 1.13 bits per heavy atom. The Bertz CT molecular complexity index is 947. The van der Waals surface area contributed by atoms with Gasteiger partial charge in [0.2, 0.25) is 5.91 Å². The zero-order chi connectivity index (χ0) is 22.7. The second-order valence-electron chi connectivity index (χ2n) is 8.67. The van der Waals surface area contributed by atoms with E-state index in [4.69, 9.17) is 4.74 Å². The van der Waals surface area contributed by atoms with E-state index in [9.17, 15) is 9.59 Å². The number of aryl methyl sites for hydroxylation is 1. The zero-order valence-corrected chi connectivity index (χ0v) is 20.8. The number of thiophene rings is 1. The maximum Gasteiger partial charge on any atom is 0.341 e. The molecule has 2 aromatic rings. The number of rotatable bonds is 8. The molecule has 1 aliphatic carbocycles. The van der Waals surface area contributed by atoms with Gasteiger partial charge in [0.25, 0.3) is 0 Å². The average molecular weight is 465 g/mol. The molecule has 9 heteroatoms. The lowest BCUT2D eigenvalue weighted by molar-refractivity contribution is -0.113. The summed E-state index contributed by atoms with van der Waals surface area (Å²) >= 11 is 2.87. The van der Waals surface area contributed by atoms with E-state index in [1.165, 1.54) is 28.0 Å². The lowest BCUT2D eigenvalue weighted by atomic mass is 9.95. The quantitative estimate of drug-likeness (QED) is 0.426. The minimum atomic E-state index is -0.349. The summed E-state index contributed by atoms with van der Waals surface area (Å²) < 4.78 is 7.55. The van der Waals surface area contributed by atoms with Crippen LogP contribution in [0.15, 0.2) is 5.16 Å². The van der Waals surface area contributed by atoms with Gasteiger partial charge in [0.05, 0.1) is 17.4 Å². The Kier molecular flexibility index (Phi) is 7.80. The highest BCUT2D eigenvalue weighted by molar-refractivity contribution is 7.99. The molecule has 1 aliphatic rings. The molecule has 0 atom stereocenters. The molecule has 0 fully saturated rings. The first-order chi connectivity index (χ1) is 14.7. The lowest BCUT2D eigenvalue weighted by Crippen LogP contribution is -2.19. The number of ether oxygens (including phenoxy) is 1. The molecule has 0 bridgehead atoms. The van der Waals surface area contributed by atoms with Crippen molar-refractivity contribution in [3.8, 4) is 0 Å². The smallest absolute Gasteiger partial charge is 0.341 e. The highest BCUT2D eigenvalue weighted by Gasteiger charge is 2.28. The molecule has 7 nitrogen and oxygen atoms in total. The van der Waals surface area contributed by atoms with Gasteiger partial charge in [-0.1, -0.05) is 25.6 Å². The Morgan fingerprint density at radius 3 is 2.48 bits per heavy atom. The second-order valence-corrected chi connectivity index (χ2v) is 10.7. The van der Waals surface area contributed by atoms with Crippen LogP contribution in [-0.2, 0) is 22.4 Å². The first-order valence-corrected chi connectivity index (χ1v) is 12.7. The fourth-order valence-electron chi connectivity index (χ4n) is 3.70. The summed E-state index contributed by atoms with van der Waals surface area (Å²) in [6, 6.07) is 0.208. The van der Waals surface area contributed by atoms with Crippen molar-refractivity contribution < 1.29 is 14.3 Å². The molecule has 3 rings (SSSR count). The normalized spacial score (nSPS) is 13.7. The number of carbonyl (C=O) groups excluding carboxylic acids is 2. The van der Waals surface area contributed by atoms with Gasteiger partial charge in [0.15, 0.2) is 5.16 Å². The molecule has 0 saturated carbocycles. The van der Waals surface area contributed by atoms with Crippen molar-refractivity contribution in [2.45, 2.75) is 90.4 Å². The lowest BCUT2D eigenvalue weighted by Gasteiger charge is -2.15. The highest BCUT2D eigenvalue weighted by atomic mass is 32.2. The van der Waals surface area contributed by atoms with E-state index in [0.717, 1.165) is 42.2 Å². The van der Waals surface area contributed by atoms with Crippen LogP contribution in [0.5, 0.6) is 0 Å². The van der Waals surface area contributed by atoms with Crippen molar-refractivity contribution in [2.24, 2.45) is 0 Å². The molecule has 0 spiro atoms. The second kappa shape index (κ2) is 10.2. The summed E-state index contributed by atoms with van der Waals surface area (Å²) in [5.41, 5.74) is 1.59. The van der Waals surface area contributed by atoms with Gasteiger partial charge in [0, 0.05) is 16.8 Å². The molecule has 0 aromatic carbocycles. The minimum absolute atomic E-state index is 0.161. The molecule has 2 heterocycles. The predicted octanol–water partition coefficient (Wildman–Crippen LogP) is 5.22. The monoisotopic (exact) mass is 464 g/mol. The number of anilines is 1. The van der Waals surface area contributed by atoms with E-state index in [1.807, 2.05) is 13.8 Å². The summed E-state index contributed by atoms with van der Waals surface area (Å²) in [5, 5.41) is 12.9. The third-order valence-corrected chi connectivity index (χ3v) is 7.18. The minimum Gasteiger partial charge on any atom is -0.459 e. The van der Waals surface area contributed by atoms with Crippen LogP contribution in [0.3, 0.4) is 0 Å². The number of hydrogen-bond donors (Lipinski definition) is 1. The van der Waals surface area contributed by atoms with E-state index in [2.05, 4.69) is 47.8 Å². The van der Waals surface area contributed by atoms with Gasteiger partial charge in [0.1, 0.15) is 10.8 Å². The van der Waals surface area contributed by atoms with Crippen LogP contribution >= 0.6 is 23.1 Å². The Labute approximate surface area is 192 Å². The predicted molar refractivity (Wildman–Crippen MR) is 125 cm³/mol. The van der Waals surface area contributed by atoms with Crippen LogP contribution in [0.4, 0.5) is 5.00 Å². The van der Waals surface area contributed by atoms with Gasteiger partial charge in [-0.2, -0.15) is 0 Å². The maximum atomic E-state index is 12.8. The molecular formula is C22H32N4O3S2. The molecule has 170 valence electrons. The van der Waals surface area contributed by atoms with E-state index in [-0.39, 0.29) is 35.7 Å². The molecular weight excluding hydrogens is 432 g/mol. The Hall–Kier alpha value is -1.87. The van der Waals surface area contributed by atoms with Gasteiger partial charge >= 0.3 is 5.97 Å². The number of fused-ring (bicyclic) bond motifs is 1. The average Bonchev–Trinajstić information content (AvgIpc) is 3.27. The van der Waals surface area contributed by atoms with Crippen LogP contribution in [0.1, 0.15) is 93.0 Å². The van der Waals surface area contributed by atoms with Crippen LogP contribution < -0.4 is 5.32 Å². The molecule has 0 radical (unpaired) electrons. The molecule has 0 saturated heterocycles. The Balaban J connectivity index is 1.75. The fourth-order valence-corrected chi connectivity index (χ4v) is 5.87. The number of nitrogens with zero attached hydrogens (tertiary/aromatic N) is 3.